The summed E-state index contributed by atoms with van der Waals surface area (Å²) >= 11 is 0. The maximum atomic E-state index is 12.0. The molecule has 2 amide bonds. The molecule has 1 aromatic carbocycles. The van der Waals surface area contributed by atoms with Gasteiger partial charge in [0.1, 0.15) is 5.75 Å². The Bertz CT molecular complexity index is 515. The predicted octanol–water partition coefficient (Wildman–Crippen LogP) is 0.806. The molecule has 1 aromatic rings. The molecular formula is C16H22N2O4. The van der Waals surface area contributed by atoms with Crippen molar-refractivity contribution in [3.05, 3.63) is 29.8 Å². The van der Waals surface area contributed by atoms with E-state index < -0.39 is 0 Å². The molecule has 1 N–H and O–H groups in total. The topological polar surface area (TPSA) is 67.9 Å². The Labute approximate surface area is 130 Å². The van der Waals surface area contributed by atoms with Gasteiger partial charge in [0.05, 0.1) is 19.6 Å². The van der Waals surface area contributed by atoms with E-state index in [1.807, 2.05) is 24.3 Å². The number of carbonyl (C=O) groups excluding carboxylic acids is 2. The average Bonchev–Trinajstić information content (AvgIpc) is 2.89. The molecule has 1 fully saturated rings. The molecule has 6 heteroatoms. The molecule has 1 aliphatic rings. The Hall–Kier alpha value is -2.08. The zero-order chi connectivity index (χ0) is 15.9. The Morgan fingerprint density at radius 2 is 2.05 bits per heavy atom. The van der Waals surface area contributed by atoms with Gasteiger partial charge in [-0.05, 0) is 17.7 Å². The standard InChI is InChI=1S/C16H22N2O4/c1-21-8-7-17-16(20)13-9-15(19)18(11-13)10-12-3-5-14(22-2)6-4-12/h3-6,13H,7-11H2,1-2H3,(H,17,20)/t13-/m1/s1. The molecule has 0 saturated carbocycles. The van der Waals surface area contributed by atoms with Crippen molar-refractivity contribution in [2.45, 2.75) is 13.0 Å². The van der Waals surface area contributed by atoms with Crippen LogP contribution in [0.1, 0.15) is 12.0 Å². The number of hydrogen-bond donors (Lipinski definition) is 1. The van der Waals surface area contributed by atoms with E-state index >= 15 is 0 Å². The first-order valence-electron chi connectivity index (χ1n) is 7.31. The van der Waals surface area contributed by atoms with Crippen LogP contribution in [0.3, 0.4) is 0 Å². The summed E-state index contributed by atoms with van der Waals surface area (Å²) in [6.07, 6.45) is 0.273. The van der Waals surface area contributed by atoms with Crippen molar-refractivity contribution in [2.75, 3.05) is 33.9 Å². The number of rotatable bonds is 7. The average molecular weight is 306 g/mol. The second-order valence-electron chi connectivity index (χ2n) is 5.31. The first-order valence-corrected chi connectivity index (χ1v) is 7.31. The highest BCUT2D eigenvalue weighted by atomic mass is 16.5. The van der Waals surface area contributed by atoms with Crippen LogP contribution in [0, 0.1) is 5.92 Å². The number of carbonyl (C=O) groups is 2. The number of nitrogens with one attached hydrogen (secondary N) is 1. The smallest absolute Gasteiger partial charge is 0.225 e. The maximum Gasteiger partial charge on any atom is 0.225 e. The molecular weight excluding hydrogens is 284 g/mol. The van der Waals surface area contributed by atoms with Crippen molar-refractivity contribution in [3.63, 3.8) is 0 Å². The van der Waals surface area contributed by atoms with Gasteiger partial charge in [-0.1, -0.05) is 12.1 Å². The minimum atomic E-state index is -0.275. The number of ether oxygens (including phenoxy) is 2. The zero-order valence-electron chi connectivity index (χ0n) is 13.0. The highest BCUT2D eigenvalue weighted by molar-refractivity contribution is 5.89. The Morgan fingerprint density at radius 1 is 1.32 bits per heavy atom. The molecule has 0 spiro atoms. The molecule has 0 radical (unpaired) electrons. The van der Waals surface area contributed by atoms with Gasteiger partial charge in [0.25, 0.3) is 0 Å². The van der Waals surface area contributed by atoms with Crippen LogP contribution in [0.2, 0.25) is 0 Å². The van der Waals surface area contributed by atoms with Crippen LogP contribution in [-0.4, -0.2) is 50.6 Å². The van der Waals surface area contributed by atoms with Crippen LogP contribution in [-0.2, 0) is 20.9 Å². The molecule has 22 heavy (non-hydrogen) atoms. The molecule has 2 rings (SSSR count). The number of nitrogens with zero attached hydrogens (tertiary/aromatic N) is 1. The van der Waals surface area contributed by atoms with Crippen molar-refractivity contribution in [1.29, 1.82) is 0 Å². The summed E-state index contributed by atoms with van der Waals surface area (Å²) in [6.45, 7) is 1.93. The van der Waals surface area contributed by atoms with E-state index in [-0.39, 0.29) is 24.2 Å². The predicted molar refractivity (Wildman–Crippen MR) is 81.4 cm³/mol. The molecule has 0 bridgehead atoms. The van der Waals surface area contributed by atoms with Crippen LogP contribution in [0.25, 0.3) is 0 Å². The zero-order valence-corrected chi connectivity index (χ0v) is 13.0. The fourth-order valence-corrected chi connectivity index (χ4v) is 2.47. The number of benzene rings is 1. The second kappa shape index (κ2) is 7.79. The van der Waals surface area contributed by atoms with E-state index in [0.717, 1.165) is 11.3 Å². The van der Waals surface area contributed by atoms with E-state index in [1.54, 1.807) is 19.1 Å². The largest absolute Gasteiger partial charge is 0.497 e. The summed E-state index contributed by atoms with van der Waals surface area (Å²) in [5.41, 5.74) is 1.02. The van der Waals surface area contributed by atoms with Crippen molar-refractivity contribution in [2.24, 2.45) is 5.92 Å². The highest BCUT2D eigenvalue weighted by Crippen LogP contribution is 2.21. The van der Waals surface area contributed by atoms with E-state index in [4.69, 9.17) is 9.47 Å². The van der Waals surface area contributed by atoms with Crippen LogP contribution in [0.5, 0.6) is 5.75 Å². The number of hydrogen-bond acceptors (Lipinski definition) is 4. The summed E-state index contributed by atoms with van der Waals surface area (Å²) in [7, 11) is 3.20. The van der Waals surface area contributed by atoms with Gasteiger partial charge in [-0.2, -0.15) is 0 Å². The lowest BCUT2D eigenvalue weighted by Crippen LogP contribution is -2.34. The summed E-state index contributed by atoms with van der Waals surface area (Å²) in [5.74, 6) is 0.444. The van der Waals surface area contributed by atoms with Gasteiger partial charge in [-0.3, -0.25) is 9.59 Å². The molecule has 120 valence electrons. The van der Waals surface area contributed by atoms with Crippen molar-refractivity contribution < 1.29 is 19.1 Å². The van der Waals surface area contributed by atoms with E-state index in [2.05, 4.69) is 5.32 Å². The van der Waals surface area contributed by atoms with E-state index in [1.165, 1.54) is 0 Å². The number of methoxy groups -OCH3 is 2. The lowest BCUT2D eigenvalue weighted by molar-refractivity contribution is -0.129. The van der Waals surface area contributed by atoms with Gasteiger partial charge in [-0.15, -0.1) is 0 Å². The molecule has 6 nitrogen and oxygen atoms in total. The summed E-state index contributed by atoms with van der Waals surface area (Å²) in [6, 6.07) is 7.59. The monoisotopic (exact) mass is 306 g/mol. The van der Waals surface area contributed by atoms with Crippen LogP contribution in [0.15, 0.2) is 24.3 Å². The minimum Gasteiger partial charge on any atom is -0.497 e. The number of likely N-dealkylation sites (tertiary alicyclic amines) is 1. The van der Waals surface area contributed by atoms with Crippen LogP contribution >= 0.6 is 0 Å². The molecule has 1 atom stereocenters. The van der Waals surface area contributed by atoms with Crippen molar-refractivity contribution >= 4 is 11.8 Å². The van der Waals surface area contributed by atoms with Crippen LogP contribution in [0.4, 0.5) is 0 Å². The Kier molecular flexibility index (Phi) is 5.77. The Morgan fingerprint density at radius 3 is 2.68 bits per heavy atom. The first kappa shape index (κ1) is 16.3. The third-order valence-corrected chi connectivity index (χ3v) is 3.72. The molecule has 0 unspecified atom stereocenters. The molecule has 1 aliphatic heterocycles. The van der Waals surface area contributed by atoms with E-state index in [0.29, 0.717) is 26.2 Å². The number of amides is 2. The van der Waals surface area contributed by atoms with Gasteiger partial charge in [-0.25, -0.2) is 0 Å². The van der Waals surface area contributed by atoms with Crippen molar-refractivity contribution in [3.8, 4) is 5.75 Å². The summed E-state index contributed by atoms with van der Waals surface area (Å²) < 4.78 is 10.0. The molecule has 1 saturated heterocycles. The first-order chi connectivity index (χ1) is 10.6. The van der Waals surface area contributed by atoms with Gasteiger partial charge >= 0.3 is 0 Å². The summed E-state index contributed by atoms with van der Waals surface area (Å²) in [4.78, 5) is 25.8. The molecule has 1 heterocycles. The minimum absolute atomic E-state index is 0.0164. The maximum absolute atomic E-state index is 12.0. The SMILES string of the molecule is COCCNC(=O)[C@@H]1CC(=O)N(Cc2ccc(OC)cc2)C1. The third-order valence-electron chi connectivity index (χ3n) is 3.72. The molecule has 0 aliphatic carbocycles. The van der Waals surface area contributed by atoms with Gasteiger partial charge in [0, 0.05) is 33.2 Å². The van der Waals surface area contributed by atoms with Gasteiger partial charge < -0.3 is 19.7 Å². The van der Waals surface area contributed by atoms with Gasteiger partial charge in [0.2, 0.25) is 11.8 Å². The second-order valence-corrected chi connectivity index (χ2v) is 5.31. The Balaban J connectivity index is 1.87. The normalized spacial score (nSPS) is 17.6. The van der Waals surface area contributed by atoms with E-state index in [9.17, 15) is 9.59 Å². The molecule has 0 aromatic heterocycles. The third kappa shape index (κ3) is 4.21. The van der Waals surface area contributed by atoms with Gasteiger partial charge in [0.15, 0.2) is 0 Å². The lowest BCUT2D eigenvalue weighted by Gasteiger charge is -2.17. The quantitative estimate of drug-likeness (QED) is 0.757. The fraction of sp³-hybridized carbons (Fsp3) is 0.500. The fourth-order valence-electron chi connectivity index (χ4n) is 2.47. The van der Waals surface area contributed by atoms with Crippen molar-refractivity contribution in [1.82, 2.24) is 10.2 Å². The lowest BCUT2D eigenvalue weighted by atomic mass is 10.1. The van der Waals surface area contributed by atoms with Crippen LogP contribution < -0.4 is 10.1 Å². The highest BCUT2D eigenvalue weighted by Gasteiger charge is 2.33. The summed E-state index contributed by atoms with van der Waals surface area (Å²) in [5, 5.41) is 2.79.